The molecule has 1 aliphatic heterocycles. The smallest absolute Gasteiger partial charge is 0.243 e. The first-order valence-electron chi connectivity index (χ1n) is 10.3. The Balaban J connectivity index is 1.73. The monoisotopic (exact) mass is 420 g/mol. The fraction of sp³-hybridized carbons (Fsp3) is 0.619. The average molecular weight is 421 g/mol. The summed E-state index contributed by atoms with van der Waals surface area (Å²) in [4.78, 5) is 7.06. The fourth-order valence-corrected chi connectivity index (χ4v) is 5.96. The van der Waals surface area contributed by atoms with Crippen molar-refractivity contribution in [3.8, 4) is 0 Å². The minimum Gasteiger partial charge on any atom is -0.338 e. The molecule has 160 valence electrons. The second kappa shape index (κ2) is 8.53. The second-order valence-corrected chi connectivity index (χ2v) is 9.86. The summed E-state index contributed by atoms with van der Waals surface area (Å²) in [7, 11) is -3.53. The number of rotatable bonds is 6. The summed E-state index contributed by atoms with van der Waals surface area (Å²) in [6, 6.07) is 0. The Bertz CT molecular complexity index is 961. The molecule has 1 aromatic heterocycles. The Hall–Kier alpha value is -1.77. The molecule has 3 rings (SSSR count). The van der Waals surface area contributed by atoms with Crippen LogP contribution in [-0.2, 0) is 23.0 Å². The van der Waals surface area contributed by atoms with Crippen molar-refractivity contribution in [1.29, 1.82) is 0 Å². The zero-order valence-corrected chi connectivity index (χ0v) is 19.2. The molecule has 0 aliphatic carbocycles. The van der Waals surface area contributed by atoms with Gasteiger partial charge in [0.2, 0.25) is 15.9 Å². The van der Waals surface area contributed by atoms with Gasteiger partial charge in [0.05, 0.1) is 11.4 Å². The summed E-state index contributed by atoms with van der Waals surface area (Å²) in [5, 5.41) is 3.99. The summed E-state index contributed by atoms with van der Waals surface area (Å²) in [5.41, 5.74) is 5.02. The molecule has 0 atom stereocenters. The SMILES string of the molecule is CCCc1noc(CN2CCN(S(=O)(=O)c3c(C)c(C)c(C)c(C)c3C)CC2)n1. The standard InChI is InChI=1S/C21H32N4O3S/c1-7-8-19-22-20(28-23-19)13-24-9-11-25(12-10-24)29(26,27)21-17(5)15(3)14(2)16(4)18(21)6/h7-13H2,1-6H3. The van der Waals surface area contributed by atoms with Crippen molar-refractivity contribution < 1.29 is 12.9 Å². The van der Waals surface area contributed by atoms with E-state index in [0.29, 0.717) is 43.5 Å². The highest BCUT2D eigenvalue weighted by Gasteiger charge is 2.32. The topological polar surface area (TPSA) is 79.5 Å². The van der Waals surface area contributed by atoms with Crippen molar-refractivity contribution in [2.45, 2.75) is 65.8 Å². The Kier molecular flexibility index (Phi) is 6.45. The number of aryl methyl sites for hydroxylation is 1. The average Bonchev–Trinajstić information content (AvgIpc) is 3.12. The fourth-order valence-electron chi connectivity index (χ4n) is 3.98. The number of sulfonamides is 1. The van der Waals surface area contributed by atoms with Crippen LogP contribution in [0.15, 0.2) is 9.42 Å². The highest BCUT2D eigenvalue weighted by Crippen LogP contribution is 2.32. The first kappa shape index (κ1) is 21.9. The van der Waals surface area contributed by atoms with Crippen molar-refractivity contribution in [3.05, 3.63) is 39.5 Å². The van der Waals surface area contributed by atoms with E-state index >= 15 is 0 Å². The molecule has 1 aromatic carbocycles. The van der Waals surface area contributed by atoms with Crippen LogP contribution < -0.4 is 0 Å². The third-order valence-electron chi connectivity index (χ3n) is 6.20. The molecule has 2 aromatic rings. The zero-order valence-electron chi connectivity index (χ0n) is 18.4. The molecular weight excluding hydrogens is 388 g/mol. The predicted molar refractivity (Wildman–Crippen MR) is 112 cm³/mol. The van der Waals surface area contributed by atoms with Gasteiger partial charge >= 0.3 is 0 Å². The van der Waals surface area contributed by atoms with E-state index in [-0.39, 0.29) is 0 Å². The van der Waals surface area contributed by atoms with Gasteiger partial charge in [0, 0.05) is 32.6 Å². The van der Waals surface area contributed by atoms with Gasteiger partial charge in [0.1, 0.15) is 0 Å². The maximum atomic E-state index is 13.5. The van der Waals surface area contributed by atoms with Gasteiger partial charge in [-0.2, -0.15) is 9.29 Å². The lowest BCUT2D eigenvalue weighted by atomic mass is 9.95. The van der Waals surface area contributed by atoms with Gasteiger partial charge in [0.15, 0.2) is 5.82 Å². The molecule has 0 amide bonds. The summed E-state index contributed by atoms with van der Waals surface area (Å²) in [6.07, 6.45) is 1.79. The lowest BCUT2D eigenvalue weighted by molar-refractivity contribution is 0.163. The molecular formula is C21H32N4O3S. The van der Waals surface area contributed by atoms with Crippen LogP contribution in [0.3, 0.4) is 0 Å². The van der Waals surface area contributed by atoms with Gasteiger partial charge in [-0.15, -0.1) is 0 Å². The first-order valence-corrected chi connectivity index (χ1v) is 11.7. The van der Waals surface area contributed by atoms with Gasteiger partial charge in [-0.3, -0.25) is 4.90 Å². The minimum absolute atomic E-state index is 0.461. The summed E-state index contributed by atoms with van der Waals surface area (Å²) in [6.45, 7) is 14.8. The number of hydrogen-bond donors (Lipinski definition) is 0. The van der Waals surface area contributed by atoms with Gasteiger partial charge < -0.3 is 4.52 Å². The van der Waals surface area contributed by atoms with Crippen LogP contribution in [0.5, 0.6) is 0 Å². The third-order valence-corrected chi connectivity index (χ3v) is 8.38. The van der Waals surface area contributed by atoms with E-state index in [0.717, 1.165) is 40.9 Å². The van der Waals surface area contributed by atoms with Crippen molar-refractivity contribution in [3.63, 3.8) is 0 Å². The van der Waals surface area contributed by atoms with Crippen LogP contribution in [0.1, 0.15) is 52.9 Å². The molecule has 0 N–H and O–H groups in total. The van der Waals surface area contributed by atoms with Crippen LogP contribution in [0.2, 0.25) is 0 Å². The first-order chi connectivity index (χ1) is 13.7. The molecule has 29 heavy (non-hydrogen) atoms. The molecule has 8 heteroatoms. The van der Waals surface area contributed by atoms with Crippen molar-refractivity contribution in [1.82, 2.24) is 19.3 Å². The van der Waals surface area contributed by atoms with Gasteiger partial charge in [0.25, 0.3) is 0 Å². The largest absolute Gasteiger partial charge is 0.338 e. The quantitative estimate of drug-likeness (QED) is 0.715. The molecule has 0 spiro atoms. The summed E-state index contributed by atoms with van der Waals surface area (Å²) >= 11 is 0. The number of nitrogens with zero attached hydrogens (tertiary/aromatic N) is 4. The Morgan fingerprint density at radius 3 is 2.00 bits per heavy atom. The predicted octanol–water partition coefficient (Wildman–Crippen LogP) is 3.07. The minimum atomic E-state index is -3.53. The van der Waals surface area contributed by atoms with E-state index in [1.54, 1.807) is 4.31 Å². The number of piperazine rings is 1. The molecule has 2 heterocycles. The molecule has 0 saturated carbocycles. The van der Waals surface area contributed by atoms with E-state index in [1.165, 1.54) is 5.56 Å². The van der Waals surface area contributed by atoms with Crippen molar-refractivity contribution in [2.24, 2.45) is 0 Å². The van der Waals surface area contributed by atoms with Crippen LogP contribution in [0, 0.1) is 34.6 Å². The lowest BCUT2D eigenvalue weighted by Crippen LogP contribution is -2.48. The Morgan fingerprint density at radius 1 is 0.897 bits per heavy atom. The number of hydrogen-bond acceptors (Lipinski definition) is 6. The van der Waals surface area contributed by atoms with Gasteiger partial charge in [-0.05, 0) is 68.9 Å². The summed E-state index contributed by atoms with van der Waals surface area (Å²) < 4.78 is 33.8. The molecule has 0 unspecified atom stereocenters. The molecule has 0 bridgehead atoms. The van der Waals surface area contributed by atoms with Crippen LogP contribution in [0.25, 0.3) is 0 Å². The van der Waals surface area contributed by atoms with E-state index in [4.69, 9.17) is 4.52 Å². The van der Waals surface area contributed by atoms with Gasteiger partial charge in [-0.25, -0.2) is 8.42 Å². The second-order valence-electron chi connectivity index (χ2n) is 7.99. The number of benzene rings is 1. The Morgan fingerprint density at radius 2 is 1.45 bits per heavy atom. The van der Waals surface area contributed by atoms with Crippen LogP contribution in [0.4, 0.5) is 0 Å². The highest BCUT2D eigenvalue weighted by atomic mass is 32.2. The van der Waals surface area contributed by atoms with E-state index in [2.05, 4.69) is 28.9 Å². The van der Waals surface area contributed by atoms with Crippen LogP contribution in [-0.4, -0.2) is 53.9 Å². The highest BCUT2D eigenvalue weighted by molar-refractivity contribution is 7.89. The van der Waals surface area contributed by atoms with Crippen molar-refractivity contribution in [2.75, 3.05) is 26.2 Å². The van der Waals surface area contributed by atoms with E-state index in [9.17, 15) is 8.42 Å². The Labute approximate surface area is 174 Å². The maximum absolute atomic E-state index is 13.5. The lowest BCUT2D eigenvalue weighted by Gasteiger charge is -2.34. The third kappa shape index (κ3) is 4.25. The zero-order chi connectivity index (χ0) is 21.3. The summed E-state index contributed by atoms with van der Waals surface area (Å²) in [5.74, 6) is 1.33. The van der Waals surface area contributed by atoms with Gasteiger partial charge in [-0.1, -0.05) is 12.1 Å². The molecule has 1 aliphatic rings. The van der Waals surface area contributed by atoms with E-state index < -0.39 is 10.0 Å². The molecule has 0 radical (unpaired) electrons. The number of aromatic nitrogens is 2. The molecule has 1 saturated heterocycles. The van der Waals surface area contributed by atoms with E-state index in [1.807, 2.05) is 27.7 Å². The molecule has 7 nitrogen and oxygen atoms in total. The normalized spacial score (nSPS) is 16.5. The molecule has 1 fully saturated rings. The van der Waals surface area contributed by atoms with Crippen LogP contribution >= 0.6 is 0 Å². The van der Waals surface area contributed by atoms with Crippen molar-refractivity contribution >= 4 is 10.0 Å². The maximum Gasteiger partial charge on any atom is 0.243 e.